The van der Waals surface area contributed by atoms with Crippen LogP contribution >= 0.6 is 46.0 Å². The van der Waals surface area contributed by atoms with E-state index in [9.17, 15) is 4.79 Å². The number of benzene rings is 1. The van der Waals surface area contributed by atoms with Crippen molar-refractivity contribution in [1.29, 1.82) is 0 Å². The summed E-state index contributed by atoms with van der Waals surface area (Å²) in [7, 11) is 0. The molecule has 1 aromatic carbocycles. The van der Waals surface area contributed by atoms with Crippen LogP contribution in [0, 0.1) is 0 Å². The van der Waals surface area contributed by atoms with E-state index in [1.807, 2.05) is 31.2 Å². The van der Waals surface area contributed by atoms with Gasteiger partial charge in [-0.25, -0.2) is 0 Å². The van der Waals surface area contributed by atoms with Crippen molar-refractivity contribution in [1.82, 2.24) is 5.32 Å². The molecule has 1 aliphatic heterocycles. The third-order valence-corrected chi connectivity index (χ3v) is 5.21. The molecule has 3 nitrogen and oxygen atoms in total. The molecule has 0 saturated carbocycles. The normalized spacial score (nSPS) is 22.7. The first-order valence-electron chi connectivity index (χ1n) is 5.49. The molecule has 0 spiro atoms. The van der Waals surface area contributed by atoms with Crippen molar-refractivity contribution in [3.05, 3.63) is 34.9 Å². The van der Waals surface area contributed by atoms with E-state index in [2.05, 4.69) is 32.9 Å². The zero-order chi connectivity index (χ0) is 13.1. The molecule has 1 N–H and O–H groups in total. The highest BCUT2D eigenvalue weighted by Crippen LogP contribution is 2.30. The zero-order valence-electron chi connectivity index (χ0n) is 9.69. The monoisotopic (exact) mass is 394 g/mol. The van der Waals surface area contributed by atoms with E-state index in [0.29, 0.717) is 11.6 Å². The Bertz CT molecular complexity index is 495. The van der Waals surface area contributed by atoms with E-state index < -0.39 is 0 Å². The summed E-state index contributed by atoms with van der Waals surface area (Å²) in [6.07, 6.45) is 0. The first-order chi connectivity index (χ1) is 8.58. The van der Waals surface area contributed by atoms with E-state index in [4.69, 9.17) is 11.6 Å². The van der Waals surface area contributed by atoms with Gasteiger partial charge in [-0.2, -0.15) is 0 Å². The van der Waals surface area contributed by atoms with Crippen LogP contribution in [0.15, 0.2) is 29.3 Å². The third-order valence-electron chi connectivity index (χ3n) is 2.64. The van der Waals surface area contributed by atoms with Gasteiger partial charge in [0, 0.05) is 11.6 Å². The summed E-state index contributed by atoms with van der Waals surface area (Å²) in [5.41, 5.74) is 0.929. The van der Waals surface area contributed by atoms with Crippen LogP contribution in [-0.4, -0.2) is 20.2 Å². The summed E-state index contributed by atoms with van der Waals surface area (Å²) in [6.45, 7) is 2.41. The number of nitrogens with zero attached hydrogens (tertiary/aromatic N) is 1. The molecule has 1 heterocycles. The second-order valence-electron chi connectivity index (χ2n) is 3.97. The molecule has 2 rings (SSSR count). The molecule has 0 saturated heterocycles. The zero-order valence-corrected chi connectivity index (χ0v) is 13.4. The lowest BCUT2D eigenvalue weighted by Gasteiger charge is -2.13. The van der Waals surface area contributed by atoms with Gasteiger partial charge in [0.1, 0.15) is 8.30 Å². The predicted molar refractivity (Wildman–Crippen MR) is 85.6 cm³/mol. The molecule has 18 heavy (non-hydrogen) atoms. The Hall–Kier alpha value is -0.270. The molecular weight excluding hydrogens is 383 g/mol. The molecule has 0 radical (unpaired) electrons. The Balaban J connectivity index is 1.92. The molecule has 1 aromatic rings. The van der Waals surface area contributed by atoms with Gasteiger partial charge in [0.25, 0.3) is 0 Å². The number of nitrogens with one attached hydrogen (secondary N) is 1. The van der Waals surface area contributed by atoms with Gasteiger partial charge in [0.2, 0.25) is 5.91 Å². The van der Waals surface area contributed by atoms with Crippen LogP contribution in [0.25, 0.3) is 0 Å². The van der Waals surface area contributed by atoms with Crippen LogP contribution in [0.3, 0.4) is 0 Å². The largest absolute Gasteiger partial charge is 0.351 e. The van der Waals surface area contributed by atoms with Gasteiger partial charge in [0.15, 0.2) is 0 Å². The molecule has 1 aliphatic rings. The Morgan fingerprint density at radius 3 is 2.89 bits per heavy atom. The van der Waals surface area contributed by atoms with E-state index in [1.165, 1.54) is 11.8 Å². The Morgan fingerprint density at radius 1 is 1.56 bits per heavy atom. The molecule has 2 unspecified atom stereocenters. The minimum Gasteiger partial charge on any atom is -0.351 e. The molecule has 96 valence electrons. The fourth-order valence-electron chi connectivity index (χ4n) is 1.66. The van der Waals surface area contributed by atoms with Gasteiger partial charge in [-0.05, 0) is 41.1 Å². The first-order valence-corrected chi connectivity index (χ1v) is 7.82. The Morgan fingerprint density at radius 2 is 2.28 bits per heavy atom. The van der Waals surface area contributed by atoms with Crippen LogP contribution in [0.2, 0.25) is 5.02 Å². The summed E-state index contributed by atoms with van der Waals surface area (Å²) in [5, 5.41) is 3.46. The van der Waals surface area contributed by atoms with Crippen molar-refractivity contribution < 1.29 is 4.79 Å². The maximum Gasteiger partial charge on any atom is 0.236 e. The molecule has 0 aromatic heterocycles. The Labute approximate surface area is 129 Å². The maximum absolute atomic E-state index is 12.0. The highest BCUT2D eigenvalue weighted by atomic mass is 127. The fraction of sp³-hybridized carbons (Fsp3) is 0.333. The molecule has 6 heteroatoms. The minimum atomic E-state index is -0.126. The quantitative estimate of drug-likeness (QED) is 0.800. The number of aliphatic imine (C=N–C) groups is 1. The standard InChI is InChI=1S/C12H12ClIN2OS/c1-7-10(18-12(14)16-7)11(17)15-6-8-4-2-3-5-9(8)13/h2-5,7,10H,6H2,1H3,(H,15,17). The van der Waals surface area contributed by atoms with Gasteiger partial charge < -0.3 is 5.32 Å². The van der Waals surface area contributed by atoms with Crippen LogP contribution in [0.4, 0.5) is 0 Å². The molecule has 0 bridgehead atoms. The Kier molecular flexibility index (Phi) is 4.91. The van der Waals surface area contributed by atoms with Gasteiger partial charge >= 0.3 is 0 Å². The number of hydrogen-bond acceptors (Lipinski definition) is 3. The second kappa shape index (κ2) is 6.25. The van der Waals surface area contributed by atoms with Crippen molar-refractivity contribution >= 4 is 54.9 Å². The van der Waals surface area contributed by atoms with Crippen molar-refractivity contribution in [2.45, 2.75) is 24.8 Å². The number of halogens is 2. The highest BCUT2D eigenvalue weighted by molar-refractivity contribution is 14.1. The molecule has 0 aliphatic carbocycles. The summed E-state index contributed by atoms with van der Waals surface area (Å²) in [4.78, 5) is 16.4. The topological polar surface area (TPSA) is 41.5 Å². The first kappa shape index (κ1) is 14.1. The SMILES string of the molecule is CC1N=C(I)SC1C(=O)NCc1ccccc1Cl. The fourth-order valence-corrected chi connectivity index (χ4v) is 4.01. The van der Waals surface area contributed by atoms with E-state index >= 15 is 0 Å². The number of carbonyl (C=O) groups is 1. The highest BCUT2D eigenvalue weighted by Gasteiger charge is 2.31. The van der Waals surface area contributed by atoms with Crippen molar-refractivity contribution in [3.63, 3.8) is 0 Å². The lowest BCUT2D eigenvalue weighted by atomic mass is 10.2. The van der Waals surface area contributed by atoms with Crippen LogP contribution in [-0.2, 0) is 11.3 Å². The van der Waals surface area contributed by atoms with Crippen LogP contribution in [0.1, 0.15) is 12.5 Å². The van der Waals surface area contributed by atoms with Gasteiger partial charge in [-0.1, -0.05) is 41.6 Å². The molecule has 0 fully saturated rings. The number of thioether (sulfide) groups is 1. The molecule has 1 amide bonds. The lowest BCUT2D eigenvalue weighted by Crippen LogP contribution is -2.36. The summed E-state index contributed by atoms with van der Waals surface area (Å²) in [6, 6.07) is 7.55. The summed E-state index contributed by atoms with van der Waals surface area (Å²) < 4.78 is 0.943. The average molecular weight is 395 g/mol. The number of hydrogen-bond donors (Lipinski definition) is 1. The van der Waals surface area contributed by atoms with Gasteiger partial charge in [-0.15, -0.1) is 0 Å². The number of carbonyl (C=O) groups excluding carboxylic acids is 1. The third kappa shape index (κ3) is 3.39. The van der Waals surface area contributed by atoms with Crippen LogP contribution in [0.5, 0.6) is 0 Å². The molecule has 2 atom stereocenters. The number of rotatable bonds is 3. The summed E-state index contributed by atoms with van der Waals surface area (Å²) >= 11 is 9.70. The van der Waals surface area contributed by atoms with E-state index in [1.54, 1.807) is 0 Å². The average Bonchev–Trinajstić information content (AvgIpc) is 2.67. The van der Waals surface area contributed by atoms with Gasteiger partial charge in [0.05, 0.1) is 6.04 Å². The minimum absolute atomic E-state index is 0.0165. The lowest BCUT2D eigenvalue weighted by molar-refractivity contribution is -0.120. The van der Waals surface area contributed by atoms with Gasteiger partial charge in [-0.3, -0.25) is 9.79 Å². The summed E-state index contributed by atoms with van der Waals surface area (Å²) in [5.74, 6) is 0.0165. The second-order valence-corrected chi connectivity index (χ2v) is 7.26. The predicted octanol–water partition coefficient (Wildman–Crippen LogP) is 3.25. The van der Waals surface area contributed by atoms with Crippen molar-refractivity contribution in [3.8, 4) is 0 Å². The van der Waals surface area contributed by atoms with E-state index in [-0.39, 0.29) is 17.2 Å². The van der Waals surface area contributed by atoms with Crippen molar-refractivity contribution in [2.75, 3.05) is 0 Å². The maximum atomic E-state index is 12.0. The van der Waals surface area contributed by atoms with Crippen LogP contribution < -0.4 is 5.32 Å². The smallest absolute Gasteiger partial charge is 0.236 e. The van der Waals surface area contributed by atoms with E-state index in [0.717, 1.165) is 8.61 Å². The molecular formula is C12H12ClIN2OS. The van der Waals surface area contributed by atoms with Crippen molar-refractivity contribution in [2.24, 2.45) is 4.99 Å². The number of amides is 1.